The molecule has 1 aromatic rings. The minimum Gasteiger partial charge on any atom is -0.388 e. The number of rotatable bonds is 3. The van der Waals surface area contributed by atoms with Gasteiger partial charge in [-0.3, -0.25) is 0 Å². The van der Waals surface area contributed by atoms with Crippen LogP contribution >= 0.6 is 0 Å². The van der Waals surface area contributed by atoms with Crippen molar-refractivity contribution in [2.75, 3.05) is 0 Å². The van der Waals surface area contributed by atoms with Crippen LogP contribution in [0, 0.1) is 11.5 Å². The zero-order chi connectivity index (χ0) is 9.68. The maximum absolute atomic E-state index is 8.43. The fourth-order valence-corrected chi connectivity index (χ4v) is 1.49. The maximum Gasteiger partial charge on any atom is 0.292 e. The number of hydrogen-bond acceptors (Lipinski definition) is 2. The molecule has 0 atom stereocenters. The van der Waals surface area contributed by atoms with Gasteiger partial charge in [-0.1, -0.05) is 26.0 Å². The van der Waals surface area contributed by atoms with Gasteiger partial charge in [0.2, 0.25) is 0 Å². The molecule has 0 aliphatic heterocycles. The second kappa shape index (κ2) is 4.51. The fourth-order valence-electron chi connectivity index (χ4n) is 1.49. The van der Waals surface area contributed by atoms with Crippen molar-refractivity contribution in [3.63, 3.8) is 0 Å². The first-order chi connectivity index (χ1) is 6.33. The number of benzene rings is 1. The number of ether oxygens (including phenoxy) is 1. The van der Waals surface area contributed by atoms with Crippen molar-refractivity contribution in [3.05, 3.63) is 29.3 Å². The van der Waals surface area contributed by atoms with E-state index in [1.54, 1.807) is 6.26 Å². The molecule has 0 spiro atoms. The second-order valence-corrected chi connectivity index (χ2v) is 2.79. The molecule has 68 valence electrons. The van der Waals surface area contributed by atoms with Gasteiger partial charge in [0.05, 0.1) is 0 Å². The third kappa shape index (κ3) is 2.00. The average molecular weight is 175 g/mol. The summed E-state index contributed by atoms with van der Waals surface area (Å²) in [5.74, 6) is 0.698. The molecule has 0 saturated carbocycles. The van der Waals surface area contributed by atoms with Crippen molar-refractivity contribution in [1.82, 2.24) is 0 Å². The van der Waals surface area contributed by atoms with Crippen LogP contribution in [0.1, 0.15) is 25.0 Å². The van der Waals surface area contributed by atoms with E-state index in [0.717, 1.165) is 18.4 Å². The Morgan fingerprint density at radius 1 is 1.31 bits per heavy atom. The lowest BCUT2D eigenvalue weighted by Crippen LogP contribution is -1.95. The van der Waals surface area contributed by atoms with Gasteiger partial charge in [-0.2, -0.15) is 0 Å². The lowest BCUT2D eigenvalue weighted by molar-refractivity contribution is 0.499. The Bertz CT molecular complexity index is 325. The summed E-state index contributed by atoms with van der Waals surface area (Å²) in [4.78, 5) is 0. The van der Waals surface area contributed by atoms with Gasteiger partial charge in [0.25, 0.3) is 6.26 Å². The minimum atomic E-state index is 0.698. The molecular formula is C11H13NO. The van der Waals surface area contributed by atoms with E-state index in [-0.39, 0.29) is 0 Å². The highest BCUT2D eigenvalue weighted by Crippen LogP contribution is 2.23. The molecule has 0 unspecified atom stereocenters. The molecule has 0 heterocycles. The van der Waals surface area contributed by atoms with Crippen LogP contribution < -0.4 is 4.74 Å². The molecule has 1 aromatic carbocycles. The first-order valence-corrected chi connectivity index (χ1v) is 4.50. The summed E-state index contributed by atoms with van der Waals surface area (Å²) in [6, 6.07) is 5.83. The van der Waals surface area contributed by atoms with Crippen LogP contribution in [-0.4, -0.2) is 0 Å². The van der Waals surface area contributed by atoms with E-state index in [1.807, 2.05) is 12.1 Å². The third-order valence-corrected chi connectivity index (χ3v) is 2.12. The van der Waals surface area contributed by atoms with Crippen LogP contribution in [0.15, 0.2) is 18.2 Å². The highest BCUT2D eigenvalue weighted by Gasteiger charge is 2.05. The molecule has 0 radical (unpaired) electrons. The molecule has 0 bridgehead atoms. The topological polar surface area (TPSA) is 33.0 Å². The molecular weight excluding hydrogens is 162 g/mol. The zero-order valence-corrected chi connectivity index (χ0v) is 8.00. The number of hydrogen-bond donors (Lipinski definition) is 0. The Morgan fingerprint density at radius 2 is 2.08 bits per heavy atom. The number of nitriles is 1. The summed E-state index contributed by atoms with van der Waals surface area (Å²) in [7, 11) is 0. The highest BCUT2D eigenvalue weighted by atomic mass is 16.5. The summed E-state index contributed by atoms with van der Waals surface area (Å²) in [5.41, 5.74) is 2.40. The monoisotopic (exact) mass is 175 g/mol. The lowest BCUT2D eigenvalue weighted by Gasteiger charge is -2.08. The third-order valence-electron chi connectivity index (χ3n) is 2.12. The van der Waals surface area contributed by atoms with Crippen LogP contribution in [0.25, 0.3) is 0 Å². The quantitative estimate of drug-likeness (QED) is 0.661. The number of aryl methyl sites for hydroxylation is 1. The standard InChI is InChI=1S/C11H13NO/c1-3-9-6-5-7-11(13-8-12)10(9)4-2/h5-7H,3-4H2,1-2H3. The van der Waals surface area contributed by atoms with Gasteiger partial charge in [-0.05, 0) is 30.0 Å². The van der Waals surface area contributed by atoms with E-state index < -0.39 is 0 Å². The van der Waals surface area contributed by atoms with E-state index in [4.69, 9.17) is 10.00 Å². The van der Waals surface area contributed by atoms with Gasteiger partial charge in [0.15, 0.2) is 0 Å². The molecule has 0 aliphatic carbocycles. The van der Waals surface area contributed by atoms with E-state index in [1.165, 1.54) is 5.56 Å². The van der Waals surface area contributed by atoms with Crippen molar-refractivity contribution in [2.24, 2.45) is 0 Å². The van der Waals surface area contributed by atoms with Crippen molar-refractivity contribution >= 4 is 0 Å². The van der Waals surface area contributed by atoms with E-state index in [9.17, 15) is 0 Å². The first kappa shape index (κ1) is 9.60. The van der Waals surface area contributed by atoms with Crippen molar-refractivity contribution < 1.29 is 4.74 Å². The zero-order valence-electron chi connectivity index (χ0n) is 8.00. The predicted octanol–water partition coefficient (Wildman–Crippen LogP) is 2.67. The smallest absolute Gasteiger partial charge is 0.292 e. The highest BCUT2D eigenvalue weighted by molar-refractivity contribution is 5.40. The molecule has 0 aliphatic rings. The van der Waals surface area contributed by atoms with Crippen molar-refractivity contribution in [1.29, 1.82) is 5.26 Å². The molecule has 0 aromatic heterocycles. The number of nitrogens with zero attached hydrogens (tertiary/aromatic N) is 1. The van der Waals surface area contributed by atoms with Gasteiger partial charge in [0, 0.05) is 0 Å². The lowest BCUT2D eigenvalue weighted by atomic mass is 10.0. The summed E-state index contributed by atoms with van der Waals surface area (Å²) in [6.45, 7) is 4.17. The summed E-state index contributed by atoms with van der Waals surface area (Å²) >= 11 is 0. The Morgan fingerprint density at radius 3 is 2.62 bits per heavy atom. The molecule has 0 saturated heterocycles. The molecule has 0 fully saturated rings. The second-order valence-electron chi connectivity index (χ2n) is 2.79. The van der Waals surface area contributed by atoms with Crippen LogP contribution in [0.3, 0.4) is 0 Å². The minimum absolute atomic E-state index is 0.698. The predicted molar refractivity (Wildman–Crippen MR) is 51.4 cm³/mol. The summed E-state index contributed by atoms with van der Waals surface area (Å²) < 4.78 is 4.88. The average Bonchev–Trinajstić information content (AvgIpc) is 2.18. The first-order valence-electron chi connectivity index (χ1n) is 4.50. The Balaban J connectivity index is 3.12. The van der Waals surface area contributed by atoms with Crippen LogP contribution in [0.4, 0.5) is 0 Å². The van der Waals surface area contributed by atoms with E-state index in [0.29, 0.717) is 5.75 Å². The van der Waals surface area contributed by atoms with Gasteiger partial charge in [-0.15, -0.1) is 5.26 Å². The molecule has 0 amide bonds. The SMILES string of the molecule is CCc1cccc(OC#N)c1CC. The summed E-state index contributed by atoms with van der Waals surface area (Å²) in [6.07, 6.45) is 3.59. The fraction of sp³-hybridized carbons (Fsp3) is 0.364. The van der Waals surface area contributed by atoms with Gasteiger partial charge in [0.1, 0.15) is 5.75 Å². The van der Waals surface area contributed by atoms with Gasteiger partial charge in [-0.25, -0.2) is 0 Å². The van der Waals surface area contributed by atoms with Crippen molar-refractivity contribution in [2.45, 2.75) is 26.7 Å². The Labute approximate surface area is 78.8 Å². The Hall–Kier alpha value is -1.49. The normalized spacial score (nSPS) is 9.31. The Kier molecular flexibility index (Phi) is 3.33. The van der Waals surface area contributed by atoms with Gasteiger partial charge >= 0.3 is 0 Å². The molecule has 13 heavy (non-hydrogen) atoms. The molecule has 1 rings (SSSR count). The van der Waals surface area contributed by atoms with Crippen LogP contribution in [0.2, 0.25) is 0 Å². The summed E-state index contributed by atoms with van der Waals surface area (Å²) in [5, 5.41) is 8.43. The van der Waals surface area contributed by atoms with Gasteiger partial charge < -0.3 is 4.74 Å². The maximum atomic E-state index is 8.43. The molecule has 2 heteroatoms. The van der Waals surface area contributed by atoms with E-state index >= 15 is 0 Å². The van der Waals surface area contributed by atoms with Crippen LogP contribution in [0.5, 0.6) is 5.75 Å². The van der Waals surface area contributed by atoms with E-state index in [2.05, 4.69) is 19.9 Å². The molecule has 2 nitrogen and oxygen atoms in total. The largest absolute Gasteiger partial charge is 0.388 e. The molecule has 0 N–H and O–H groups in total. The van der Waals surface area contributed by atoms with Crippen molar-refractivity contribution in [3.8, 4) is 12.0 Å². The van der Waals surface area contributed by atoms with Crippen LogP contribution in [-0.2, 0) is 12.8 Å².